The third-order valence-electron chi connectivity index (χ3n) is 3.40. The Morgan fingerprint density at radius 2 is 1.77 bits per heavy atom. The van der Waals surface area contributed by atoms with Crippen LogP contribution in [0.5, 0.6) is 5.75 Å². The zero-order valence-corrected chi connectivity index (χ0v) is 11.7. The van der Waals surface area contributed by atoms with E-state index in [1.54, 1.807) is 48.7 Å². The van der Waals surface area contributed by atoms with Gasteiger partial charge in [-0.3, -0.25) is 14.9 Å². The maximum absolute atomic E-state index is 12.0. The molecular formula is C17H14N2O3. The first-order chi connectivity index (χ1) is 10.6. The lowest BCUT2D eigenvalue weighted by molar-refractivity contribution is -0.114. The molecule has 22 heavy (non-hydrogen) atoms. The molecular weight excluding hydrogens is 280 g/mol. The van der Waals surface area contributed by atoms with Crippen LogP contribution in [0, 0.1) is 0 Å². The van der Waals surface area contributed by atoms with Gasteiger partial charge in [-0.2, -0.15) is 0 Å². The number of aromatic hydroxyl groups is 1. The number of carbonyl (C=O) groups is 2. The summed E-state index contributed by atoms with van der Waals surface area (Å²) >= 11 is 0. The quantitative estimate of drug-likeness (QED) is 0.596. The maximum atomic E-state index is 12.0. The van der Waals surface area contributed by atoms with Crippen molar-refractivity contribution >= 4 is 17.4 Å². The molecule has 0 spiro atoms. The first-order valence-electron chi connectivity index (χ1n) is 6.82. The minimum absolute atomic E-state index is 0.193. The Bertz CT molecular complexity index is 781. The molecule has 1 heterocycles. The molecule has 2 aromatic carbocycles. The predicted octanol–water partition coefficient (Wildman–Crippen LogP) is 1.79. The Morgan fingerprint density at radius 3 is 2.55 bits per heavy atom. The Hall–Kier alpha value is -3.08. The molecule has 0 saturated carbocycles. The van der Waals surface area contributed by atoms with Gasteiger partial charge in [0, 0.05) is 23.9 Å². The lowest BCUT2D eigenvalue weighted by atomic mass is 9.96. The zero-order chi connectivity index (χ0) is 15.5. The van der Waals surface area contributed by atoms with Gasteiger partial charge >= 0.3 is 0 Å². The first-order valence-corrected chi connectivity index (χ1v) is 6.82. The average molecular weight is 294 g/mol. The second-order valence-corrected chi connectivity index (χ2v) is 4.94. The van der Waals surface area contributed by atoms with E-state index >= 15 is 0 Å². The van der Waals surface area contributed by atoms with Crippen LogP contribution < -0.4 is 10.6 Å². The Balaban J connectivity index is 1.83. The van der Waals surface area contributed by atoms with Crippen molar-refractivity contribution < 1.29 is 14.7 Å². The van der Waals surface area contributed by atoms with E-state index in [2.05, 4.69) is 10.6 Å². The van der Waals surface area contributed by atoms with Crippen molar-refractivity contribution in [1.82, 2.24) is 10.6 Å². The van der Waals surface area contributed by atoms with E-state index in [0.717, 1.165) is 5.56 Å². The Kier molecular flexibility index (Phi) is 3.62. The smallest absolute Gasteiger partial charge is 0.260 e. The van der Waals surface area contributed by atoms with E-state index in [9.17, 15) is 14.7 Å². The van der Waals surface area contributed by atoms with Crippen LogP contribution >= 0.6 is 0 Å². The standard InChI is InChI=1S/C17H14N2O3/c20-12-5-3-4-11(8-12)9-18-10-15-13-6-1-2-7-14(13)16(21)19-17(15)22/h1-8,10,18,20H,9H2,(H,19,21,22)/b15-10-. The Labute approximate surface area is 127 Å². The van der Waals surface area contributed by atoms with Gasteiger partial charge < -0.3 is 10.4 Å². The van der Waals surface area contributed by atoms with Crippen LogP contribution in [0.25, 0.3) is 5.57 Å². The van der Waals surface area contributed by atoms with E-state index in [-0.39, 0.29) is 11.7 Å². The maximum Gasteiger partial charge on any atom is 0.260 e. The van der Waals surface area contributed by atoms with E-state index in [0.29, 0.717) is 23.2 Å². The monoisotopic (exact) mass is 294 g/mol. The molecule has 110 valence electrons. The highest BCUT2D eigenvalue weighted by molar-refractivity contribution is 6.30. The Morgan fingerprint density at radius 1 is 1.00 bits per heavy atom. The van der Waals surface area contributed by atoms with E-state index in [1.165, 1.54) is 0 Å². The summed E-state index contributed by atoms with van der Waals surface area (Å²) in [6, 6.07) is 13.8. The predicted molar refractivity (Wildman–Crippen MR) is 81.8 cm³/mol. The summed E-state index contributed by atoms with van der Waals surface area (Å²) in [5, 5.41) is 14.8. The summed E-state index contributed by atoms with van der Waals surface area (Å²) < 4.78 is 0. The molecule has 0 aromatic heterocycles. The van der Waals surface area contributed by atoms with Crippen molar-refractivity contribution in [2.24, 2.45) is 0 Å². The average Bonchev–Trinajstić information content (AvgIpc) is 2.51. The number of nitrogens with one attached hydrogen (secondary N) is 2. The molecule has 3 rings (SSSR count). The fraction of sp³-hybridized carbons (Fsp3) is 0.0588. The molecule has 0 bridgehead atoms. The number of rotatable bonds is 3. The third kappa shape index (κ3) is 2.69. The number of phenolic OH excluding ortho intramolecular Hbond substituents is 1. The highest BCUT2D eigenvalue weighted by Gasteiger charge is 2.26. The molecule has 5 heteroatoms. The van der Waals surface area contributed by atoms with Crippen LogP contribution in [0.2, 0.25) is 0 Å². The van der Waals surface area contributed by atoms with Gasteiger partial charge in [-0.25, -0.2) is 0 Å². The molecule has 2 aromatic rings. The van der Waals surface area contributed by atoms with E-state index in [4.69, 9.17) is 0 Å². The molecule has 1 aliphatic rings. The molecule has 5 nitrogen and oxygen atoms in total. The molecule has 0 radical (unpaired) electrons. The summed E-state index contributed by atoms with van der Waals surface area (Å²) in [5.41, 5.74) is 2.39. The van der Waals surface area contributed by atoms with Crippen LogP contribution in [-0.4, -0.2) is 16.9 Å². The number of carbonyl (C=O) groups excluding carboxylic acids is 2. The highest BCUT2D eigenvalue weighted by atomic mass is 16.3. The van der Waals surface area contributed by atoms with E-state index in [1.807, 2.05) is 6.07 Å². The zero-order valence-electron chi connectivity index (χ0n) is 11.7. The van der Waals surface area contributed by atoms with Crippen LogP contribution in [0.3, 0.4) is 0 Å². The summed E-state index contributed by atoms with van der Waals surface area (Å²) in [6.45, 7) is 0.460. The molecule has 3 N–H and O–H groups in total. The van der Waals surface area contributed by atoms with Crippen molar-refractivity contribution in [3.05, 3.63) is 71.4 Å². The lowest BCUT2D eigenvalue weighted by Crippen LogP contribution is -2.36. The normalized spacial score (nSPS) is 15.4. The number of amides is 2. The third-order valence-corrected chi connectivity index (χ3v) is 3.40. The fourth-order valence-corrected chi connectivity index (χ4v) is 2.36. The fourth-order valence-electron chi connectivity index (χ4n) is 2.36. The number of hydrogen-bond acceptors (Lipinski definition) is 4. The molecule has 0 unspecified atom stereocenters. The van der Waals surface area contributed by atoms with Crippen LogP contribution in [-0.2, 0) is 11.3 Å². The number of phenols is 1. The number of imide groups is 1. The van der Waals surface area contributed by atoms with E-state index < -0.39 is 5.91 Å². The van der Waals surface area contributed by atoms with Crippen molar-refractivity contribution in [3.8, 4) is 5.75 Å². The van der Waals surface area contributed by atoms with Gasteiger partial charge in [0.2, 0.25) is 0 Å². The van der Waals surface area contributed by atoms with Crippen LogP contribution in [0.15, 0.2) is 54.7 Å². The first kappa shape index (κ1) is 13.9. The molecule has 0 aliphatic carbocycles. The van der Waals surface area contributed by atoms with Gasteiger partial charge in [0.25, 0.3) is 11.8 Å². The SMILES string of the molecule is O=C1NC(=O)c2ccccc2/C1=C/NCc1cccc(O)c1. The highest BCUT2D eigenvalue weighted by Crippen LogP contribution is 2.23. The van der Waals surface area contributed by atoms with Gasteiger partial charge in [-0.15, -0.1) is 0 Å². The van der Waals surface area contributed by atoms with Gasteiger partial charge in [-0.05, 0) is 23.8 Å². The minimum Gasteiger partial charge on any atom is -0.508 e. The van der Waals surface area contributed by atoms with Crippen molar-refractivity contribution in [2.45, 2.75) is 6.54 Å². The largest absolute Gasteiger partial charge is 0.508 e. The number of fused-ring (bicyclic) bond motifs is 1. The molecule has 0 atom stereocenters. The van der Waals surface area contributed by atoms with Crippen LogP contribution in [0.4, 0.5) is 0 Å². The minimum atomic E-state index is -0.424. The molecule has 1 aliphatic heterocycles. The molecule has 2 amide bonds. The van der Waals surface area contributed by atoms with Crippen LogP contribution in [0.1, 0.15) is 21.5 Å². The number of hydrogen-bond donors (Lipinski definition) is 3. The van der Waals surface area contributed by atoms with Gasteiger partial charge in [0.1, 0.15) is 5.75 Å². The topological polar surface area (TPSA) is 78.4 Å². The summed E-state index contributed by atoms with van der Waals surface area (Å²) in [6.07, 6.45) is 1.59. The van der Waals surface area contributed by atoms with Crippen molar-refractivity contribution in [1.29, 1.82) is 0 Å². The summed E-state index contributed by atoms with van der Waals surface area (Å²) in [5.74, 6) is -0.615. The second kappa shape index (κ2) is 5.73. The lowest BCUT2D eigenvalue weighted by Gasteiger charge is -2.18. The number of benzene rings is 2. The molecule has 0 saturated heterocycles. The molecule has 0 fully saturated rings. The van der Waals surface area contributed by atoms with Crippen molar-refractivity contribution in [2.75, 3.05) is 0 Å². The van der Waals surface area contributed by atoms with Gasteiger partial charge in [0.05, 0.1) is 5.57 Å². The van der Waals surface area contributed by atoms with Gasteiger partial charge in [-0.1, -0.05) is 30.3 Å². The van der Waals surface area contributed by atoms with Gasteiger partial charge in [0.15, 0.2) is 0 Å². The summed E-state index contributed by atoms with van der Waals surface area (Å²) in [4.78, 5) is 23.8. The van der Waals surface area contributed by atoms with Crippen molar-refractivity contribution in [3.63, 3.8) is 0 Å². The summed E-state index contributed by atoms with van der Waals surface area (Å²) in [7, 11) is 0. The second-order valence-electron chi connectivity index (χ2n) is 4.94.